The van der Waals surface area contributed by atoms with Crippen molar-refractivity contribution in [3.8, 4) is 0 Å². The van der Waals surface area contributed by atoms with E-state index in [0.29, 0.717) is 11.5 Å². The van der Waals surface area contributed by atoms with Crippen molar-refractivity contribution in [1.29, 1.82) is 0 Å². The molecule has 0 radical (unpaired) electrons. The van der Waals surface area contributed by atoms with E-state index < -0.39 is 0 Å². The minimum absolute atomic E-state index is 0.526. The first-order valence-corrected chi connectivity index (χ1v) is 8.96. The van der Waals surface area contributed by atoms with Gasteiger partial charge in [0.25, 0.3) is 0 Å². The Morgan fingerprint density at radius 2 is 1.65 bits per heavy atom. The van der Waals surface area contributed by atoms with Crippen LogP contribution in [0.3, 0.4) is 0 Å². The Kier molecular flexibility index (Phi) is 5.92. The van der Waals surface area contributed by atoms with Gasteiger partial charge in [-0.25, -0.2) is 0 Å². The molecule has 1 unspecified atom stereocenters. The SMILES string of the molecule is CC(C)NCC1(CN(C)C(C)C2CC2)CCCCCC1. The maximum absolute atomic E-state index is 3.75. The van der Waals surface area contributed by atoms with Gasteiger partial charge in [-0.15, -0.1) is 0 Å². The highest BCUT2D eigenvalue weighted by Crippen LogP contribution is 2.39. The molecule has 1 N–H and O–H groups in total. The van der Waals surface area contributed by atoms with Crippen molar-refractivity contribution in [2.24, 2.45) is 11.3 Å². The van der Waals surface area contributed by atoms with Gasteiger partial charge in [-0.3, -0.25) is 0 Å². The molecule has 2 nitrogen and oxygen atoms in total. The van der Waals surface area contributed by atoms with E-state index in [1.54, 1.807) is 0 Å². The fourth-order valence-corrected chi connectivity index (χ4v) is 3.90. The maximum atomic E-state index is 3.75. The van der Waals surface area contributed by atoms with Crippen LogP contribution >= 0.6 is 0 Å². The number of nitrogens with zero attached hydrogens (tertiary/aromatic N) is 1. The Morgan fingerprint density at radius 1 is 1.05 bits per heavy atom. The number of nitrogens with one attached hydrogen (secondary N) is 1. The lowest BCUT2D eigenvalue weighted by atomic mass is 9.79. The van der Waals surface area contributed by atoms with Crippen LogP contribution in [0.1, 0.15) is 72.1 Å². The Balaban J connectivity index is 1.96. The van der Waals surface area contributed by atoms with Crippen molar-refractivity contribution < 1.29 is 0 Å². The molecule has 0 spiro atoms. The molecule has 118 valence electrons. The summed E-state index contributed by atoms with van der Waals surface area (Å²) in [5.41, 5.74) is 0.526. The summed E-state index contributed by atoms with van der Waals surface area (Å²) in [5, 5.41) is 3.75. The van der Waals surface area contributed by atoms with E-state index in [2.05, 4.69) is 38.0 Å². The summed E-state index contributed by atoms with van der Waals surface area (Å²) >= 11 is 0. The predicted molar refractivity (Wildman–Crippen MR) is 88.1 cm³/mol. The van der Waals surface area contributed by atoms with Crippen molar-refractivity contribution in [2.75, 3.05) is 20.1 Å². The van der Waals surface area contributed by atoms with Crippen LogP contribution in [0.5, 0.6) is 0 Å². The molecule has 0 heterocycles. The first-order chi connectivity index (χ1) is 9.52. The van der Waals surface area contributed by atoms with Crippen LogP contribution in [0.25, 0.3) is 0 Å². The van der Waals surface area contributed by atoms with Gasteiger partial charge in [-0.1, -0.05) is 39.5 Å². The third-order valence-electron chi connectivity index (χ3n) is 5.63. The molecular weight excluding hydrogens is 244 g/mol. The standard InChI is InChI=1S/C18H36N2/c1-15(2)19-13-18(11-7-5-6-8-12-18)14-20(4)16(3)17-9-10-17/h15-17,19H,5-14H2,1-4H3. The van der Waals surface area contributed by atoms with Gasteiger partial charge in [0, 0.05) is 25.2 Å². The minimum atomic E-state index is 0.526. The second-order valence-electron chi connectivity index (χ2n) is 7.94. The molecular formula is C18H36N2. The molecule has 2 aliphatic carbocycles. The Labute approximate surface area is 126 Å². The topological polar surface area (TPSA) is 15.3 Å². The lowest BCUT2D eigenvalue weighted by molar-refractivity contribution is 0.110. The molecule has 0 aromatic carbocycles. The van der Waals surface area contributed by atoms with Crippen LogP contribution in [0.4, 0.5) is 0 Å². The van der Waals surface area contributed by atoms with Crippen molar-refractivity contribution >= 4 is 0 Å². The Bertz CT molecular complexity index is 275. The van der Waals surface area contributed by atoms with E-state index in [-0.39, 0.29) is 0 Å². The molecule has 2 fully saturated rings. The highest BCUT2D eigenvalue weighted by molar-refractivity contribution is 4.91. The van der Waals surface area contributed by atoms with Crippen molar-refractivity contribution in [1.82, 2.24) is 10.2 Å². The van der Waals surface area contributed by atoms with Crippen LogP contribution in [0.15, 0.2) is 0 Å². The summed E-state index contributed by atoms with van der Waals surface area (Å²) in [6.45, 7) is 9.51. The third-order valence-corrected chi connectivity index (χ3v) is 5.63. The number of rotatable bonds is 7. The van der Waals surface area contributed by atoms with Crippen LogP contribution in [0, 0.1) is 11.3 Å². The van der Waals surface area contributed by atoms with E-state index in [4.69, 9.17) is 0 Å². The highest BCUT2D eigenvalue weighted by Gasteiger charge is 2.36. The largest absolute Gasteiger partial charge is 0.314 e. The average molecular weight is 280 g/mol. The van der Waals surface area contributed by atoms with Gasteiger partial charge in [0.15, 0.2) is 0 Å². The van der Waals surface area contributed by atoms with E-state index in [0.717, 1.165) is 12.0 Å². The molecule has 2 aliphatic rings. The monoisotopic (exact) mass is 280 g/mol. The normalized spacial score (nSPS) is 24.9. The molecule has 20 heavy (non-hydrogen) atoms. The molecule has 0 aromatic heterocycles. The van der Waals surface area contributed by atoms with Crippen LogP contribution in [0.2, 0.25) is 0 Å². The summed E-state index contributed by atoms with van der Waals surface area (Å²) in [4.78, 5) is 2.67. The molecule has 0 bridgehead atoms. The van der Waals surface area contributed by atoms with E-state index in [9.17, 15) is 0 Å². The van der Waals surface area contributed by atoms with Crippen LogP contribution in [-0.2, 0) is 0 Å². The third kappa shape index (κ3) is 4.73. The smallest absolute Gasteiger partial charge is 0.00923 e. The lowest BCUT2D eigenvalue weighted by Crippen LogP contribution is -2.47. The number of hydrogen-bond acceptors (Lipinski definition) is 2. The van der Waals surface area contributed by atoms with Crippen LogP contribution < -0.4 is 5.32 Å². The fraction of sp³-hybridized carbons (Fsp3) is 1.00. The van der Waals surface area contributed by atoms with E-state index >= 15 is 0 Å². The molecule has 0 aliphatic heterocycles. The van der Waals surface area contributed by atoms with E-state index in [1.165, 1.54) is 64.5 Å². The maximum Gasteiger partial charge on any atom is 0.00923 e. The van der Waals surface area contributed by atoms with E-state index in [1.807, 2.05) is 0 Å². The van der Waals surface area contributed by atoms with Crippen molar-refractivity contribution in [3.63, 3.8) is 0 Å². The summed E-state index contributed by atoms with van der Waals surface area (Å²) in [6, 6.07) is 1.40. The zero-order chi connectivity index (χ0) is 14.6. The number of hydrogen-bond donors (Lipinski definition) is 1. The van der Waals surface area contributed by atoms with Gasteiger partial charge in [0.05, 0.1) is 0 Å². The molecule has 2 saturated carbocycles. The second kappa shape index (κ2) is 7.26. The minimum Gasteiger partial charge on any atom is -0.314 e. The second-order valence-corrected chi connectivity index (χ2v) is 7.94. The molecule has 0 amide bonds. The molecule has 2 heteroatoms. The summed E-state index contributed by atoms with van der Waals surface area (Å²) in [6.07, 6.45) is 11.5. The highest BCUT2D eigenvalue weighted by atomic mass is 15.1. The first kappa shape index (κ1) is 16.3. The quantitative estimate of drug-likeness (QED) is 0.708. The lowest BCUT2D eigenvalue weighted by Gasteiger charge is -2.40. The van der Waals surface area contributed by atoms with Gasteiger partial charge >= 0.3 is 0 Å². The first-order valence-electron chi connectivity index (χ1n) is 8.96. The van der Waals surface area contributed by atoms with Crippen LogP contribution in [-0.4, -0.2) is 37.1 Å². The van der Waals surface area contributed by atoms with Gasteiger partial charge in [0.2, 0.25) is 0 Å². The molecule has 2 rings (SSSR count). The van der Waals surface area contributed by atoms with Gasteiger partial charge < -0.3 is 10.2 Å². The fourth-order valence-electron chi connectivity index (χ4n) is 3.90. The van der Waals surface area contributed by atoms with Gasteiger partial charge in [-0.05, 0) is 51.0 Å². The Morgan fingerprint density at radius 3 is 2.15 bits per heavy atom. The van der Waals surface area contributed by atoms with Gasteiger partial charge in [-0.2, -0.15) is 0 Å². The summed E-state index contributed by atoms with van der Waals surface area (Å²) in [7, 11) is 2.37. The average Bonchev–Trinajstić information content (AvgIpc) is 3.23. The molecule has 0 aromatic rings. The zero-order valence-electron chi connectivity index (χ0n) is 14.3. The summed E-state index contributed by atoms with van der Waals surface area (Å²) in [5.74, 6) is 0.987. The van der Waals surface area contributed by atoms with Crippen molar-refractivity contribution in [3.05, 3.63) is 0 Å². The Hall–Kier alpha value is -0.0800. The van der Waals surface area contributed by atoms with Gasteiger partial charge in [0.1, 0.15) is 0 Å². The summed E-state index contributed by atoms with van der Waals surface area (Å²) < 4.78 is 0. The molecule has 1 atom stereocenters. The van der Waals surface area contributed by atoms with Crippen molar-refractivity contribution in [2.45, 2.75) is 84.2 Å². The predicted octanol–water partition coefficient (Wildman–Crippen LogP) is 4.06. The molecule has 0 saturated heterocycles. The zero-order valence-corrected chi connectivity index (χ0v) is 14.3.